The first kappa shape index (κ1) is 13.4. The lowest BCUT2D eigenvalue weighted by atomic mass is 10.1. The Morgan fingerprint density at radius 3 is 2.70 bits per heavy atom. The van der Waals surface area contributed by atoms with Gasteiger partial charge in [0.25, 0.3) is 0 Å². The normalized spacial score (nSPS) is 15.4. The van der Waals surface area contributed by atoms with Gasteiger partial charge in [-0.1, -0.05) is 12.1 Å². The number of aryl methyl sites for hydroxylation is 1. The Balaban J connectivity index is 1.77. The smallest absolute Gasteiger partial charge is 0.240 e. The van der Waals surface area contributed by atoms with Crippen LogP contribution in [0, 0.1) is 0 Å². The number of nitrogens with zero attached hydrogens (tertiary/aromatic N) is 1. The maximum Gasteiger partial charge on any atom is 0.240 e. The fourth-order valence-corrected chi connectivity index (χ4v) is 3.34. The molecule has 1 aliphatic rings. The summed E-state index contributed by atoms with van der Waals surface area (Å²) < 4.78 is 29.2. The summed E-state index contributed by atoms with van der Waals surface area (Å²) in [6.07, 6.45) is 4.23. The van der Waals surface area contributed by atoms with Crippen LogP contribution in [0.25, 0.3) is 0 Å². The molecule has 4 nitrogen and oxygen atoms in total. The lowest BCUT2D eigenvalue weighted by Gasteiger charge is -2.09. The Bertz CT molecular complexity index is 715. The van der Waals surface area contributed by atoms with Crippen molar-refractivity contribution in [3.8, 4) is 0 Å². The highest BCUT2D eigenvalue weighted by molar-refractivity contribution is 7.89. The molecule has 0 unspecified atom stereocenters. The van der Waals surface area contributed by atoms with Crippen molar-refractivity contribution in [2.45, 2.75) is 30.2 Å². The SMILES string of the molecule is Cn1cccc1CNS(=O)(=O)c1cccc(C2CC2)c1. The van der Waals surface area contributed by atoms with Gasteiger partial charge in [0.1, 0.15) is 0 Å². The molecular weight excluding hydrogens is 272 g/mol. The number of hydrogen-bond donors (Lipinski definition) is 1. The molecule has 5 heteroatoms. The second-order valence-electron chi connectivity index (χ2n) is 5.28. The van der Waals surface area contributed by atoms with Crippen molar-refractivity contribution in [1.82, 2.24) is 9.29 Å². The van der Waals surface area contributed by atoms with Crippen molar-refractivity contribution >= 4 is 10.0 Å². The van der Waals surface area contributed by atoms with Gasteiger partial charge in [-0.2, -0.15) is 0 Å². The van der Waals surface area contributed by atoms with Crippen LogP contribution in [0.4, 0.5) is 0 Å². The van der Waals surface area contributed by atoms with Crippen LogP contribution in [0.2, 0.25) is 0 Å². The molecule has 3 rings (SSSR count). The largest absolute Gasteiger partial charge is 0.353 e. The number of rotatable bonds is 5. The minimum atomic E-state index is -3.44. The third-order valence-electron chi connectivity index (χ3n) is 3.71. The molecular formula is C15H18N2O2S. The van der Waals surface area contributed by atoms with E-state index in [4.69, 9.17) is 0 Å². The van der Waals surface area contributed by atoms with Crippen molar-refractivity contribution in [3.63, 3.8) is 0 Å². The number of aromatic nitrogens is 1. The zero-order chi connectivity index (χ0) is 14.2. The Kier molecular flexibility index (Phi) is 3.40. The van der Waals surface area contributed by atoms with Gasteiger partial charge in [-0.15, -0.1) is 0 Å². The van der Waals surface area contributed by atoms with Crippen LogP contribution in [-0.2, 0) is 23.6 Å². The third-order valence-corrected chi connectivity index (χ3v) is 5.11. The molecule has 0 bridgehead atoms. The molecule has 1 saturated carbocycles. The maximum atomic E-state index is 12.3. The van der Waals surface area contributed by atoms with Crippen molar-refractivity contribution in [2.75, 3.05) is 0 Å². The Morgan fingerprint density at radius 1 is 1.25 bits per heavy atom. The fourth-order valence-electron chi connectivity index (χ4n) is 2.28. The van der Waals surface area contributed by atoms with E-state index in [9.17, 15) is 8.42 Å². The predicted molar refractivity (Wildman–Crippen MR) is 77.9 cm³/mol. The van der Waals surface area contributed by atoms with Gasteiger partial charge < -0.3 is 4.57 Å². The van der Waals surface area contributed by atoms with E-state index in [0.29, 0.717) is 17.4 Å². The van der Waals surface area contributed by atoms with Gasteiger partial charge in [-0.25, -0.2) is 13.1 Å². The highest BCUT2D eigenvalue weighted by Crippen LogP contribution is 2.40. The molecule has 0 amide bonds. The molecule has 2 aromatic rings. The van der Waals surface area contributed by atoms with Crippen LogP contribution < -0.4 is 4.72 Å². The Hall–Kier alpha value is -1.59. The van der Waals surface area contributed by atoms with Crippen LogP contribution in [0.15, 0.2) is 47.5 Å². The molecule has 106 valence electrons. The van der Waals surface area contributed by atoms with Crippen molar-refractivity contribution in [2.24, 2.45) is 7.05 Å². The van der Waals surface area contributed by atoms with Crippen LogP contribution in [0.3, 0.4) is 0 Å². The van der Waals surface area contributed by atoms with Gasteiger partial charge in [0.05, 0.1) is 11.4 Å². The average Bonchev–Trinajstić information content (AvgIpc) is 3.21. The number of hydrogen-bond acceptors (Lipinski definition) is 2. The zero-order valence-electron chi connectivity index (χ0n) is 11.4. The summed E-state index contributed by atoms with van der Waals surface area (Å²) in [6, 6.07) is 11.1. The molecule has 1 fully saturated rings. The lowest BCUT2D eigenvalue weighted by Crippen LogP contribution is -2.24. The molecule has 0 aliphatic heterocycles. The van der Waals surface area contributed by atoms with Gasteiger partial charge in [0.2, 0.25) is 10.0 Å². The van der Waals surface area contributed by atoms with E-state index in [1.807, 2.05) is 42.1 Å². The van der Waals surface area contributed by atoms with E-state index in [1.165, 1.54) is 12.8 Å². The summed E-state index contributed by atoms with van der Waals surface area (Å²) in [5, 5.41) is 0. The average molecular weight is 290 g/mol. The van der Waals surface area contributed by atoms with Crippen molar-refractivity contribution in [1.29, 1.82) is 0 Å². The summed E-state index contributed by atoms with van der Waals surface area (Å²) in [7, 11) is -1.54. The highest BCUT2D eigenvalue weighted by atomic mass is 32.2. The first-order chi connectivity index (χ1) is 9.56. The van der Waals surface area contributed by atoms with E-state index >= 15 is 0 Å². The van der Waals surface area contributed by atoms with Crippen LogP contribution in [0.5, 0.6) is 0 Å². The molecule has 0 saturated heterocycles. The van der Waals surface area contributed by atoms with Gasteiger partial charge in [-0.3, -0.25) is 0 Å². The minimum absolute atomic E-state index is 0.305. The third kappa shape index (κ3) is 2.78. The van der Waals surface area contributed by atoms with E-state index in [1.54, 1.807) is 12.1 Å². The molecule has 1 heterocycles. The van der Waals surface area contributed by atoms with E-state index in [-0.39, 0.29) is 0 Å². The molecule has 1 N–H and O–H groups in total. The van der Waals surface area contributed by atoms with Crippen LogP contribution in [-0.4, -0.2) is 13.0 Å². The van der Waals surface area contributed by atoms with Crippen LogP contribution >= 0.6 is 0 Å². The lowest BCUT2D eigenvalue weighted by molar-refractivity contribution is 0.579. The Labute approximate surface area is 119 Å². The first-order valence-corrected chi connectivity index (χ1v) is 8.24. The zero-order valence-corrected chi connectivity index (χ0v) is 12.2. The monoisotopic (exact) mass is 290 g/mol. The molecule has 1 aromatic carbocycles. The van der Waals surface area contributed by atoms with E-state index in [0.717, 1.165) is 11.3 Å². The quantitative estimate of drug-likeness (QED) is 0.919. The summed E-state index contributed by atoms with van der Waals surface area (Å²) >= 11 is 0. The first-order valence-electron chi connectivity index (χ1n) is 6.76. The molecule has 0 atom stereocenters. The summed E-state index contributed by atoms with van der Waals surface area (Å²) in [5.41, 5.74) is 2.07. The van der Waals surface area contributed by atoms with Gasteiger partial charge in [0, 0.05) is 18.9 Å². The van der Waals surface area contributed by atoms with E-state index in [2.05, 4.69) is 4.72 Å². The van der Waals surface area contributed by atoms with Crippen molar-refractivity contribution in [3.05, 3.63) is 53.9 Å². The van der Waals surface area contributed by atoms with Gasteiger partial charge in [-0.05, 0) is 48.6 Å². The maximum absolute atomic E-state index is 12.3. The fraction of sp³-hybridized carbons (Fsp3) is 0.333. The number of sulfonamides is 1. The summed E-state index contributed by atoms with van der Waals surface area (Å²) in [5.74, 6) is 0.554. The van der Waals surface area contributed by atoms with Crippen molar-refractivity contribution < 1.29 is 8.42 Å². The standard InChI is InChI=1S/C15H18N2O2S/c1-17-9-3-5-14(17)11-16-20(18,19)15-6-2-4-13(10-15)12-7-8-12/h2-6,9-10,12,16H,7-8,11H2,1H3. The van der Waals surface area contributed by atoms with E-state index < -0.39 is 10.0 Å². The molecule has 0 radical (unpaired) electrons. The minimum Gasteiger partial charge on any atom is -0.353 e. The number of nitrogens with one attached hydrogen (secondary N) is 1. The highest BCUT2D eigenvalue weighted by Gasteiger charge is 2.25. The summed E-state index contributed by atoms with van der Waals surface area (Å²) in [6.45, 7) is 0.305. The molecule has 0 spiro atoms. The van der Waals surface area contributed by atoms with Gasteiger partial charge >= 0.3 is 0 Å². The van der Waals surface area contributed by atoms with Gasteiger partial charge in [0.15, 0.2) is 0 Å². The molecule has 20 heavy (non-hydrogen) atoms. The predicted octanol–water partition coefficient (Wildman–Crippen LogP) is 2.38. The second kappa shape index (κ2) is 5.07. The molecule has 1 aromatic heterocycles. The summed E-state index contributed by atoms with van der Waals surface area (Å²) in [4.78, 5) is 0.358. The van der Waals surface area contributed by atoms with Crippen LogP contribution in [0.1, 0.15) is 30.0 Å². The topological polar surface area (TPSA) is 51.1 Å². The second-order valence-corrected chi connectivity index (χ2v) is 7.05. The number of benzene rings is 1. The molecule has 1 aliphatic carbocycles. The Morgan fingerprint density at radius 2 is 2.05 bits per heavy atom.